The highest BCUT2D eigenvalue weighted by Gasteiger charge is 2.41. The summed E-state index contributed by atoms with van der Waals surface area (Å²) in [6.07, 6.45) is -0.655. The molecule has 2 N–H and O–H groups in total. The molecule has 0 bridgehead atoms. The van der Waals surface area contributed by atoms with Gasteiger partial charge in [-0.25, -0.2) is 4.79 Å². The minimum Gasteiger partial charge on any atom is -0.508 e. The van der Waals surface area contributed by atoms with Gasteiger partial charge in [0.15, 0.2) is 5.76 Å². The second-order valence-corrected chi connectivity index (χ2v) is 4.52. The molecule has 1 heterocycles. The van der Waals surface area contributed by atoms with Gasteiger partial charge in [-0.3, -0.25) is 0 Å². The van der Waals surface area contributed by atoms with Crippen LogP contribution in [0, 0.1) is 0 Å². The first-order valence-corrected chi connectivity index (χ1v) is 6.23. The fourth-order valence-electron chi connectivity index (χ4n) is 1.97. The number of benzene rings is 1. The van der Waals surface area contributed by atoms with Gasteiger partial charge in [-0.2, -0.15) is 8.78 Å². The van der Waals surface area contributed by atoms with Crippen LogP contribution in [0.15, 0.2) is 28.8 Å². The zero-order chi connectivity index (χ0) is 15.6. The molecule has 0 saturated carbocycles. The van der Waals surface area contributed by atoms with Gasteiger partial charge < -0.3 is 14.7 Å². The number of hydrogen-bond acceptors (Lipinski definition) is 4. The molecule has 0 aliphatic heterocycles. The Bertz CT molecular complexity index is 649. The van der Waals surface area contributed by atoms with Crippen molar-refractivity contribution >= 4 is 5.97 Å². The second-order valence-electron chi connectivity index (χ2n) is 4.52. The molecule has 0 aliphatic carbocycles. The predicted octanol–water partition coefficient (Wildman–Crippen LogP) is 2.87. The number of aliphatic carboxylic acids is 1. The van der Waals surface area contributed by atoms with Crippen LogP contribution in [0.25, 0.3) is 11.3 Å². The van der Waals surface area contributed by atoms with E-state index in [2.05, 4.69) is 5.16 Å². The van der Waals surface area contributed by atoms with Gasteiger partial charge in [0.1, 0.15) is 5.75 Å². The molecular formula is C14H13F2NO4. The maximum Gasteiger partial charge on any atom is 0.374 e. The molecule has 2 aromatic rings. The molecule has 0 unspecified atom stereocenters. The van der Waals surface area contributed by atoms with Crippen molar-refractivity contribution in [1.29, 1.82) is 0 Å². The van der Waals surface area contributed by atoms with E-state index in [1.165, 1.54) is 12.1 Å². The van der Waals surface area contributed by atoms with Crippen molar-refractivity contribution < 1.29 is 28.3 Å². The van der Waals surface area contributed by atoms with Crippen LogP contribution in [0.5, 0.6) is 5.75 Å². The fraction of sp³-hybridized carbons (Fsp3) is 0.286. The summed E-state index contributed by atoms with van der Waals surface area (Å²) in [5.41, 5.74) is 0.927. The molecule has 2 rings (SSSR count). The molecule has 0 atom stereocenters. The summed E-state index contributed by atoms with van der Waals surface area (Å²) >= 11 is 0. The Morgan fingerprint density at radius 1 is 1.33 bits per heavy atom. The Labute approximate surface area is 118 Å². The van der Waals surface area contributed by atoms with Gasteiger partial charge >= 0.3 is 11.9 Å². The normalized spacial score (nSPS) is 11.6. The third-order valence-electron chi connectivity index (χ3n) is 3.05. The van der Waals surface area contributed by atoms with E-state index in [1.807, 2.05) is 0 Å². The standard InChI is InChI=1S/C14H13F2NO4/c1-2-10-11(7-14(15,16)13(19)20)17-21-12(10)8-3-5-9(18)6-4-8/h3-6,18H,2,7H2,1H3,(H,19,20). The van der Waals surface area contributed by atoms with Crippen molar-refractivity contribution in [2.75, 3.05) is 0 Å². The first kappa shape index (κ1) is 15.0. The summed E-state index contributed by atoms with van der Waals surface area (Å²) in [7, 11) is 0. The number of phenolic OH excluding ortho intramolecular Hbond substituents is 1. The number of rotatable bonds is 5. The number of nitrogens with zero attached hydrogens (tertiary/aromatic N) is 1. The lowest BCUT2D eigenvalue weighted by Crippen LogP contribution is -2.31. The monoisotopic (exact) mass is 297 g/mol. The molecule has 0 spiro atoms. The maximum absolute atomic E-state index is 13.3. The lowest BCUT2D eigenvalue weighted by Gasteiger charge is -2.09. The minimum atomic E-state index is -3.90. The smallest absolute Gasteiger partial charge is 0.374 e. The third-order valence-corrected chi connectivity index (χ3v) is 3.05. The van der Waals surface area contributed by atoms with Crippen LogP contribution < -0.4 is 0 Å². The molecule has 0 aliphatic rings. The summed E-state index contributed by atoms with van der Waals surface area (Å²) in [6, 6.07) is 5.99. The largest absolute Gasteiger partial charge is 0.508 e. The maximum atomic E-state index is 13.3. The highest BCUT2D eigenvalue weighted by atomic mass is 19.3. The van der Waals surface area contributed by atoms with E-state index in [0.29, 0.717) is 23.3 Å². The van der Waals surface area contributed by atoms with Crippen LogP contribution in [0.3, 0.4) is 0 Å². The number of carboxylic acid groups (broad SMARTS) is 1. The van der Waals surface area contributed by atoms with Crippen LogP contribution in [-0.2, 0) is 17.6 Å². The van der Waals surface area contributed by atoms with Crippen molar-refractivity contribution in [2.24, 2.45) is 0 Å². The quantitative estimate of drug-likeness (QED) is 0.886. The Morgan fingerprint density at radius 2 is 1.95 bits per heavy atom. The van der Waals surface area contributed by atoms with Gasteiger partial charge in [0.05, 0.1) is 12.1 Å². The Morgan fingerprint density at radius 3 is 2.48 bits per heavy atom. The molecule has 7 heteroatoms. The molecule has 5 nitrogen and oxygen atoms in total. The summed E-state index contributed by atoms with van der Waals surface area (Å²) in [4.78, 5) is 10.5. The van der Waals surface area contributed by atoms with E-state index in [1.54, 1.807) is 19.1 Å². The fourth-order valence-corrected chi connectivity index (χ4v) is 1.97. The predicted molar refractivity (Wildman–Crippen MR) is 69.3 cm³/mol. The van der Waals surface area contributed by atoms with Crippen molar-refractivity contribution in [3.8, 4) is 17.1 Å². The summed E-state index contributed by atoms with van der Waals surface area (Å²) in [6.45, 7) is 1.73. The van der Waals surface area contributed by atoms with Gasteiger partial charge in [0.25, 0.3) is 0 Å². The summed E-state index contributed by atoms with van der Waals surface area (Å²) < 4.78 is 31.7. The van der Waals surface area contributed by atoms with Crippen molar-refractivity contribution in [2.45, 2.75) is 25.7 Å². The average molecular weight is 297 g/mol. The van der Waals surface area contributed by atoms with E-state index in [4.69, 9.17) is 9.63 Å². The Balaban J connectivity index is 2.39. The SMILES string of the molecule is CCc1c(CC(F)(F)C(=O)O)noc1-c1ccc(O)cc1. The number of carbonyl (C=O) groups is 1. The highest BCUT2D eigenvalue weighted by Crippen LogP contribution is 2.31. The second kappa shape index (κ2) is 5.51. The van der Waals surface area contributed by atoms with Crippen molar-refractivity contribution in [3.63, 3.8) is 0 Å². The lowest BCUT2D eigenvalue weighted by atomic mass is 10.0. The van der Waals surface area contributed by atoms with Gasteiger partial charge in [0, 0.05) is 11.1 Å². The van der Waals surface area contributed by atoms with Crippen LogP contribution >= 0.6 is 0 Å². The topological polar surface area (TPSA) is 83.6 Å². The molecular weight excluding hydrogens is 284 g/mol. The summed E-state index contributed by atoms with van der Waals surface area (Å²) in [5, 5.41) is 21.3. The van der Waals surface area contributed by atoms with Crippen LogP contribution in [0.4, 0.5) is 8.78 Å². The van der Waals surface area contributed by atoms with E-state index >= 15 is 0 Å². The molecule has 21 heavy (non-hydrogen) atoms. The Hall–Kier alpha value is -2.44. The number of aromatic hydroxyl groups is 1. The molecule has 0 amide bonds. The third kappa shape index (κ3) is 3.01. The first-order chi connectivity index (χ1) is 9.85. The zero-order valence-corrected chi connectivity index (χ0v) is 11.1. The van der Waals surface area contributed by atoms with E-state index in [-0.39, 0.29) is 11.4 Å². The van der Waals surface area contributed by atoms with E-state index in [0.717, 1.165) is 0 Å². The van der Waals surface area contributed by atoms with E-state index in [9.17, 15) is 18.7 Å². The van der Waals surface area contributed by atoms with Crippen molar-refractivity contribution in [3.05, 3.63) is 35.5 Å². The van der Waals surface area contributed by atoms with E-state index < -0.39 is 18.3 Å². The molecule has 0 fully saturated rings. The van der Waals surface area contributed by atoms with Crippen LogP contribution in [0.2, 0.25) is 0 Å². The molecule has 0 saturated heterocycles. The Kier molecular flexibility index (Phi) is 3.93. The molecule has 1 aromatic heterocycles. The number of carboxylic acids is 1. The summed E-state index contributed by atoms with van der Waals surface area (Å²) in [5.74, 6) is -5.73. The van der Waals surface area contributed by atoms with Gasteiger partial charge in [-0.1, -0.05) is 12.1 Å². The van der Waals surface area contributed by atoms with Gasteiger partial charge in [-0.15, -0.1) is 0 Å². The highest BCUT2D eigenvalue weighted by molar-refractivity contribution is 5.76. The number of alkyl halides is 2. The van der Waals surface area contributed by atoms with Crippen LogP contribution in [-0.4, -0.2) is 27.3 Å². The zero-order valence-electron chi connectivity index (χ0n) is 11.1. The van der Waals surface area contributed by atoms with Crippen molar-refractivity contribution in [1.82, 2.24) is 5.16 Å². The lowest BCUT2D eigenvalue weighted by molar-refractivity contribution is -0.164. The average Bonchev–Trinajstić information content (AvgIpc) is 2.81. The van der Waals surface area contributed by atoms with Gasteiger partial charge in [-0.05, 0) is 30.7 Å². The molecule has 1 aromatic carbocycles. The number of hydrogen-bond donors (Lipinski definition) is 2. The van der Waals surface area contributed by atoms with Gasteiger partial charge in [0.2, 0.25) is 0 Å². The van der Waals surface area contributed by atoms with Crippen LogP contribution in [0.1, 0.15) is 18.2 Å². The number of phenols is 1. The first-order valence-electron chi connectivity index (χ1n) is 6.23. The number of halogens is 2. The number of aromatic nitrogens is 1. The minimum absolute atomic E-state index is 0.0638. The molecule has 112 valence electrons. The molecule has 0 radical (unpaired) electrons.